The van der Waals surface area contributed by atoms with Crippen molar-refractivity contribution < 1.29 is 9.18 Å². The molecule has 0 heterocycles. The van der Waals surface area contributed by atoms with Crippen molar-refractivity contribution in [2.75, 3.05) is 0 Å². The summed E-state index contributed by atoms with van der Waals surface area (Å²) >= 11 is 5.06. The highest BCUT2D eigenvalue weighted by molar-refractivity contribution is 7.80. The normalized spacial score (nSPS) is 11.3. The van der Waals surface area contributed by atoms with E-state index in [1.54, 1.807) is 26.0 Å². The number of nitrogens with one attached hydrogen (secondary N) is 1. The van der Waals surface area contributed by atoms with Crippen LogP contribution in [0.3, 0.4) is 0 Å². The zero-order valence-electron chi connectivity index (χ0n) is 13.0. The quantitative estimate of drug-likeness (QED) is 0.794. The van der Waals surface area contributed by atoms with Crippen LogP contribution in [0, 0.1) is 25.1 Å². The van der Waals surface area contributed by atoms with Crippen molar-refractivity contribution in [3.63, 3.8) is 0 Å². The van der Waals surface area contributed by atoms with Gasteiger partial charge in [0.2, 0.25) is 5.91 Å². The van der Waals surface area contributed by atoms with E-state index in [0.29, 0.717) is 30.5 Å². The summed E-state index contributed by atoms with van der Waals surface area (Å²) in [6, 6.07) is 3.48. The van der Waals surface area contributed by atoms with Gasteiger partial charge < -0.3 is 11.1 Å². The lowest BCUT2D eigenvalue weighted by molar-refractivity contribution is -0.128. The van der Waals surface area contributed by atoms with E-state index in [0.717, 1.165) is 5.56 Å². The molecule has 0 saturated heterocycles. The van der Waals surface area contributed by atoms with Gasteiger partial charge in [0.05, 0.1) is 10.4 Å². The van der Waals surface area contributed by atoms with Gasteiger partial charge in [-0.3, -0.25) is 4.79 Å². The summed E-state index contributed by atoms with van der Waals surface area (Å²) in [6.07, 6.45) is 1.12. The Morgan fingerprint density at radius 2 is 1.76 bits per heavy atom. The summed E-state index contributed by atoms with van der Waals surface area (Å²) in [5.41, 5.74) is 6.96. The van der Waals surface area contributed by atoms with Gasteiger partial charge in [0.15, 0.2) is 0 Å². The molecule has 0 saturated carbocycles. The second kappa shape index (κ2) is 6.98. The Bertz CT molecular complexity index is 530. The van der Waals surface area contributed by atoms with Crippen LogP contribution in [0.25, 0.3) is 0 Å². The highest BCUT2D eigenvalue weighted by atomic mass is 32.1. The molecule has 0 spiro atoms. The molecule has 1 amide bonds. The third kappa shape index (κ3) is 3.59. The molecule has 0 bridgehead atoms. The molecule has 0 aliphatic carbocycles. The SMILES string of the molecule is CCC(CC)(C(=O)NCc1cc(C)c(F)c(C)c1)C(N)=S. The van der Waals surface area contributed by atoms with Crippen LogP contribution in [0.1, 0.15) is 43.4 Å². The number of nitrogens with two attached hydrogens (primary N) is 1. The minimum atomic E-state index is -0.806. The monoisotopic (exact) mass is 310 g/mol. The molecule has 0 aliphatic rings. The highest BCUT2D eigenvalue weighted by Gasteiger charge is 2.37. The number of amides is 1. The first-order valence-corrected chi connectivity index (χ1v) is 7.53. The number of carbonyl (C=O) groups is 1. The number of hydrogen-bond donors (Lipinski definition) is 2. The van der Waals surface area contributed by atoms with Crippen LogP contribution < -0.4 is 11.1 Å². The number of aryl methyl sites for hydroxylation is 2. The Hall–Kier alpha value is -1.49. The predicted octanol–water partition coefficient (Wildman–Crippen LogP) is 3.15. The first-order chi connectivity index (χ1) is 9.78. The van der Waals surface area contributed by atoms with Crippen molar-refractivity contribution in [3.05, 3.63) is 34.6 Å². The van der Waals surface area contributed by atoms with Gasteiger partial charge in [0.25, 0.3) is 0 Å². The standard InChI is InChI=1S/C16H23FN2OS/c1-5-16(6-2,14(18)21)15(20)19-9-12-7-10(3)13(17)11(4)8-12/h7-8H,5-6,9H2,1-4H3,(H2,18,21)(H,19,20). The van der Waals surface area contributed by atoms with Gasteiger partial charge in [0.1, 0.15) is 5.82 Å². The molecule has 3 N–H and O–H groups in total. The van der Waals surface area contributed by atoms with Gasteiger partial charge >= 0.3 is 0 Å². The molecular weight excluding hydrogens is 287 g/mol. The lowest BCUT2D eigenvalue weighted by atomic mass is 9.81. The fraction of sp³-hybridized carbons (Fsp3) is 0.500. The van der Waals surface area contributed by atoms with Crippen molar-refractivity contribution in [1.82, 2.24) is 5.32 Å². The molecular formula is C16H23FN2OS. The number of rotatable bonds is 6. The summed E-state index contributed by atoms with van der Waals surface area (Å²) in [4.78, 5) is 12.6. The van der Waals surface area contributed by atoms with E-state index in [-0.39, 0.29) is 16.7 Å². The number of halogens is 1. The Morgan fingerprint density at radius 3 is 2.14 bits per heavy atom. The smallest absolute Gasteiger partial charge is 0.233 e. The largest absolute Gasteiger partial charge is 0.392 e. The van der Waals surface area contributed by atoms with Gasteiger partial charge in [-0.05, 0) is 43.4 Å². The highest BCUT2D eigenvalue weighted by Crippen LogP contribution is 2.27. The fourth-order valence-corrected chi connectivity index (χ4v) is 2.90. The second-order valence-electron chi connectivity index (χ2n) is 5.38. The minimum Gasteiger partial charge on any atom is -0.392 e. The van der Waals surface area contributed by atoms with Crippen molar-refractivity contribution in [3.8, 4) is 0 Å². The molecule has 0 unspecified atom stereocenters. The summed E-state index contributed by atoms with van der Waals surface area (Å²) in [5, 5.41) is 2.87. The molecule has 1 rings (SSSR count). The van der Waals surface area contributed by atoms with Crippen LogP contribution in [0.4, 0.5) is 4.39 Å². The molecule has 0 atom stereocenters. The van der Waals surface area contributed by atoms with Crippen molar-refractivity contribution in [2.24, 2.45) is 11.1 Å². The second-order valence-corrected chi connectivity index (χ2v) is 5.82. The first-order valence-electron chi connectivity index (χ1n) is 7.12. The summed E-state index contributed by atoms with van der Waals surface area (Å²) in [5.74, 6) is -0.371. The molecule has 21 heavy (non-hydrogen) atoms. The molecule has 0 fully saturated rings. The minimum absolute atomic E-state index is 0.167. The Labute approximate surface area is 131 Å². The maximum Gasteiger partial charge on any atom is 0.233 e. The topological polar surface area (TPSA) is 55.1 Å². The van der Waals surface area contributed by atoms with Crippen molar-refractivity contribution in [2.45, 2.75) is 47.1 Å². The summed E-state index contributed by atoms with van der Waals surface area (Å²) < 4.78 is 13.6. The average molecular weight is 310 g/mol. The maximum atomic E-state index is 13.6. The van der Waals surface area contributed by atoms with Gasteiger partial charge in [-0.25, -0.2) is 4.39 Å². The molecule has 0 radical (unpaired) electrons. The third-order valence-electron chi connectivity index (χ3n) is 4.06. The first kappa shape index (κ1) is 17.6. The zero-order chi connectivity index (χ0) is 16.2. The molecule has 0 aliphatic heterocycles. The van der Waals surface area contributed by atoms with E-state index in [2.05, 4.69) is 5.32 Å². The van der Waals surface area contributed by atoms with Crippen molar-refractivity contribution >= 4 is 23.1 Å². The number of benzene rings is 1. The maximum absolute atomic E-state index is 13.6. The van der Waals surface area contributed by atoms with Crippen LogP contribution in [-0.2, 0) is 11.3 Å². The Kier molecular flexibility index (Phi) is 5.84. The zero-order valence-corrected chi connectivity index (χ0v) is 13.9. The van der Waals surface area contributed by atoms with Crippen molar-refractivity contribution in [1.29, 1.82) is 0 Å². The van der Waals surface area contributed by atoms with Gasteiger partial charge in [-0.15, -0.1) is 0 Å². The van der Waals surface area contributed by atoms with Crippen LogP contribution in [0.5, 0.6) is 0 Å². The molecule has 1 aromatic carbocycles. The summed E-state index contributed by atoms with van der Waals surface area (Å²) in [7, 11) is 0. The van der Waals surface area contributed by atoms with E-state index >= 15 is 0 Å². The number of carbonyl (C=O) groups excluding carboxylic acids is 1. The predicted molar refractivity (Wildman–Crippen MR) is 87.5 cm³/mol. The molecule has 3 nitrogen and oxygen atoms in total. The van der Waals surface area contributed by atoms with Crippen LogP contribution in [0.2, 0.25) is 0 Å². The lowest BCUT2D eigenvalue weighted by Crippen LogP contribution is -2.48. The Balaban J connectivity index is 2.88. The average Bonchev–Trinajstić information content (AvgIpc) is 2.43. The number of hydrogen-bond acceptors (Lipinski definition) is 2. The molecule has 5 heteroatoms. The number of thiocarbonyl (C=S) groups is 1. The van der Waals surface area contributed by atoms with E-state index in [4.69, 9.17) is 18.0 Å². The van der Waals surface area contributed by atoms with E-state index in [1.165, 1.54) is 0 Å². The summed E-state index contributed by atoms with van der Waals surface area (Å²) in [6.45, 7) is 7.56. The van der Waals surface area contributed by atoms with E-state index < -0.39 is 5.41 Å². The van der Waals surface area contributed by atoms with Gasteiger partial charge in [-0.1, -0.05) is 38.2 Å². The molecule has 116 valence electrons. The fourth-order valence-electron chi connectivity index (χ4n) is 2.52. The van der Waals surface area contributed by atoms with Gasteiger partial charge in [0, 0.05) is 6.54 Å². The van der Waals surface area contributed by atoms with E-state index in [1.807, 2.05) is 13.8 Å². The van der Waals surface area contributed by atoms with Crippen LogP contribution in [0.15, 0.2) is 12.1 Å². The van der Waals surface area contributed by atoms with Gasteiger partial charge in [-0.2, -0.15) is 0 Å². The third-order valence-corrected chi connectivity index (χ3v) is 4.45. The molecule has 0 aromatic heterocycles. The van der Waals surface area contributed by atoms with E-state index in [9.17, 15) is 9.18 Å². The Morgan fingerprint density at radius 1 is 1.29 bits per heavy atom. The molecule has 1 aromatic rings. The van der Waals surface area contributed by atoms with Crippen LogP contribution in [-0.4, -0.2) is 10.9 Å². The van der Waals surface area contributed by atoms with Crippen LogP contribution >= 0.6 is 12.2 Å². The lowest BCUT2D eigenvalue weighted by Gasteiger charge is -2.29.